The van der Waals surface area contributed by atoms with E-state index in [1.54, 1.807) is 0 Å². The number of carbonyl (C=O) groups excluding carboxylic acids is 3. The van der Waals surface area contributed by atoms with Gasteiger partial charge in [0, 0.05) is 46.2 Å². The van der Waals surface area contributed by atoms with E-state index in [0.29, 0.717) is 31.7 Å². The second kappa shape index (κ2) is 6.88. The number of carbonyl (C=O) groups is 3. The third-order valence-electron chi connectivity index (χ3n) is 8.53. The second-order valence-corrected chi connectivity index (χ2v) is 11.0. The molecule has 0 radical (unpaired) electrons. The molecule has 158 valence electrons. The van der Waals surface area contributed by atoms with Crippen molar-refractivity contribution in [1.29, 1.82) is 0 Å². The normalized spacial score (nSPS) is 38.1. The molecule has 2 saturated carbocycles. The maximum Gasteiger partial charge on any atom is 0.227 e. The highest BCUT2D eigenvalue weighted by Crippen LogP contribution is 2.62. The Hall–Kier alpha value is -1.75. The molecule has 0 aromatic heterocycles. The number of ketones is 2. The van der Waals surface area contributed by atoms with E-state index in [0.717, 1.165) is 35.0 Å². The zero-order chi connectivity index (χ0) is 21.3. The van der Waals surface area contributed by atoms with Crippen molar-refractivity contribution in [2.45, 2.75) is 58.9 Å². The Morgan fingerprint density at radius 1 is 1.07 bits per heavy atom. The fraction of sp³-hybridized carbons (Fsp3) is 0.560. The zero-order valence-electron chi connectivity index (χ0n) is 17.6. The first-order valence-electron chi connectivity index (χ1n) is 11.1. The second-order valence-electron chi connectivity index (χ2n) is 10.1. The van der Waals surface area contributed by atoms with E-state index >= 15 is 0 Å². The molecule has 5 atom stereocenters. The molecule has 1 aromatic carbocycles. The predicted molar refractivity (Wildman–Crippen MR) is 117 cm³/mol. The van der Waals surface area contributed by atoms with Crippen molar-refractivity contribution in [3.05, 3.63) is 46.1 Å². The summed E-state index contributed by atoms with van der Waals surface area (Å²) in [5, 5.41) is 0. The van der Waals surface area contributed by atoms with Crippen molar-refractivity contribution in [3.63, 3.8) is 0 Å². The number of halogens is 1. The maximum atomic E-state index is 13.5. The summed E-state index contributed by atoms with van der Waals surface area (Å²) in [7, 11) is 0. The Morgan fingerprint density at radius 2 is 1.80 bits per heavy atom. The summed E-state index contributed by atoms with van der Waals surface area (Å²) >= 11 is 3.47. The summed E-state index contributed by atoms with van der Waals surface area (Å²) in [6, 6.07) is 8.07. The third-order valence-corrected chi connectivity index (χ3v) is 9.06. The summed E-state index contributed by atoms with van der Waals surface area (Å²) in [6.07, 6.45) is 6.10. The summed E-state index contributed by atoms with van der Waals surface area (Å²) in [6.45, 7) is 4.75. The molecule has 4 nitrogen and oxygen atoms in total. The molecule has 4 aliphatic rings. The molecule has 0 bridgehead atoms. The van der Waals surface area contributed by atoms with Crippen molar-refractivity contribution >= 4 is 33.4 Å². The average molecular weight is 470 g/mol. The van der Waals surface area contributed by atoms with E-state index in [4.69, 9.17) is 0 Å². The summed E-state index contributed by atoms with van der Waals surface area (Å²) in [5.41, 5.74) is 1.32. The Balaban J connectivity index is 1.52. The lowest BCUT2D eigenvalue weighted by Gasteiger charge is -2.56. The molecule has 5 rings (SSSR count). The van der Waals surface area contributed by atoms with Crippen LogP contribution in [0.15, 0.2) is 40.5 Å². The van der Waals surface area contributed by atoms with Crippen molar-refractivity contribution in [1.82, 2.24) is 4.90 Å². The Morgan fingerprint density at radius 3 is 2.53 bits per heavy atom. The highest BCUT2D eigenvalue weighted by molar-refractivity contribution is 9.10. The Labute approximate surface area is 186 Å². The first kappa shape index (κ1) is 20.2. The van der Waals surface area contributed by atoms with Crippen LogP contribution in [0.1, 0.15) is 57.9 Å². The van der Waals surface area contributed by atoms with Gasteiger partial charge in [0.2, 0.25) is 5.91 Å². The van der Waals surface area contributed by atoms with Crippen molar-refractivity contribution in [2.75, 3.05) is 0 Å². The van der Waals surface area contributed by atoms with E-state index in [9.17, 15) is 14.4 Å². The number of likely N-dealkylation sites (tertiary alicyclic amines) is 1. The highest BCUT2D eigenvalue weighted by atomic mass is 79.9. The minimum atomic E-state index is -0.471. The molecule has 30 heavy (non-hydrogen) atoms. The first-order chi connectivity index (χ1) is 14.2. The van der Waals surface area contributed by atoms with Crippen LogP contribution < -0.4 is 0 Å². The molecule has 0 spiro atoms. The van der Waals surface area contributed by atoms with Gasteiger partial charge < -0.3 is 4.90 Å². The van der Waals surface area contributed by atoms with Gasteiger partial charge in [-0.05, 0) is 48.8 Å². The predicted octanol–water partition coefficient (Wildman–Crippen LogP) is 5.06. The largest absolute Gasteiger partial charge is 0.312 e. The first-order valence-corrected chi connectivity index (χ1v) is 11.8. The molecule has 1 heterocycles. The fourth-order valence-corrected chi connectivity index (χ4v) is 7.27. The molecule has 1 aliphatic heterocycles. The van der Waals surface area contributed by atoms with Gasteiger partial charge in [-0.3, -0.25) is 14.4 Å². The van der Waals surface area contributed by atoms with Gasteiger partial charge >= 0.3 is 0 Å². The highest BCUT2D eigenvalue weighted by Gasteiger charge is 2.62. The van der Waals surface area contributed by atoms with Crippen LogP contribution >= 0.6 is 15.9 Å². The fourth-order valence-electron chi connectivity index (χ4n) is 7.01. The lowest BCUT2D eigenvalue weighted by atomic mass is 9.49. The number of fused-ring (bicyclic) bond motifs is 5. The standard InChI is InChI=1S/C25H28BrNO3/c1-24-12-11-22(30)27(14-15-3-5-16(26)6-4-15)20(24)9-7-17-18-8-10-21(29)25(18,2)13-19(28)23(17)24/h3-6,9,17-18,23H,7-8,10-14H2,1-2H3/t17-,18-,23?,24?,25?/m0/s1. The number of rotatable bonds is 2. The number of nitrogens with zero attached hydrogens (tertiary/aromatic N) is 1. The van der Waals surface area contributed by atoms with E-state index in [1.807, 2.05) is 36.1 Å². The lowest BCUT2D eigenvalue weighted by Crippen LogP contribution is -2.57. The van der Waals surface area contributed by atoms with Crippen LogP contribution in [-0.4, -0.2) is 22.4 Å². The van der Waals surface area contributed by atoms with E-state index in [2.05, 4.69) is 28.9 Å². The van der Waals surface area contributed by atoms with Crippen LogP contribution in [-0.2, 0) is 20.9 Å². The molecule has 0 N–H and O–H groups in total. The summed E-state index contributed by atoms with van der Waals surface area (Å²) < 4.78 is 1.02. The van der Waals surface area contributed by atoms with E-state index in [-0.39, 0.29) is 34.7 Å². The van der Waals surface area contributed by atoms with E-state index < -0.39 is 5.41 Å². The monoisotopic (exact) mass is 469 g/mol. The third kappa shape index (κ3) is 2.80. The SMILES string of the molecule is CC12CCC(=O)N(Cc3ccc(Br)cc3)C1=CC[C@@H]1C2C(=O)CC2(C)C(=O)CC[C@@H]12. The number of Topliss-reactive ketones (excluding diaryl/α,β-unsaturated/α-hetero) is 2. The van der Waals surface area contributed by atoms with Crippen LogP contribution in [0.5, 0.6) is 0 Å². The molecule has 1 saturated heterocycles. The molecule has 3 aliphatic carbocycles. The van der Waals surface area contributed by atoms with Gasteiger partial charge in [-0.25, -0.2) is 0 Å². The molecular weight excluding hydrogens is 442 g/mol. The van der Waals surface area contributed by atoms with Gasteiger partial charge in [0.25, 0.3) is 0 Å². The molecule has 1 aromatic rings. The van der Waals surface area contributed by atoms with Crippen LogP contribution in [0.3, 0.4) is 0 Å². The van der Waals surface area contributed by atoms with Crippen LogP contribution in [0, 0.1) is 28.6 Å². The number of allylic oxidation sites excluding steroid dienone is 2. The van der Waals surface area contributed by atoms with Gasteiger partial charge in [-0.15, -0.1) is 0 Å². The summed E-state index contributed by atoms with van der Waals surface area (Å²) in [4.78, 5) is 40.9. The minimum Gasteiger partial charge on any atom is -0.312 e. The quantitative estimate of drug-likeness (QED) is 0.608. The number of amides is 1. The topological polar surface area (TPSA) is 54.5 Å². The Kier molecular flexibility index (Phi) is 4.62. The number of piperidine rings is 1. The molecular formula is C25H28BrNO3. The maximum absolute atomic E-state index is 13.5. The van der Waals surface area contributed by atoms with Crippen molar-refractivity contribution in [3.8, 4) is 0 Å². The number of benzene rings is 1. The van der Waals surface area contributed by atoms with Gasteiger partial charge in [-0.1, -0.05) is 48.0 Å². The van der Waals surface area contributed by atoms with Gasteiger partial charge in [0.15, 0.2) is 0 Å². The molecule has 1 amide bonds. The molecule has 3 unspecified atom stereocenters. The van der Waals surface area contributed by atoms with Crippen molar-refractivity contribution in [2.24, 2.45) is 28.6 Å². The summed E-state index contributed by atoms with van der Waals surface area (Å²) in [5.74, 6) is 1.08. The molecule has 3 fully saturated rings. The van der Waals surface area contributed by atoms with E-state index in [1.165, 1.54) is 0 Å². The van der Waals surface area contributed by atoms with Gasteiger partial charge in [0.05, 0.1) is 6.54 Å². The van der Waals surface area contributed by atoms with Gasteiger partial charge in [0.1, 0.15) is 11.6 Å². The Bertz CT molecular complexity index is 967. The average Bonchev–Trinajstić information content (AvgIpc) is 3.00. The lowest BCUT2D eigenvalue weighted by molar-refractivity contribution is -0.152. The van der Waals surface area contributed by atoms with Crippen LogP contribution in [0.25, 0.3) is 0 Å². The van der Waals surface area contributed by atoms with Crippen molar-refractivity contribution < 1.29 is 14.4 Å². The van der Waals surface area contributed by atoms with Gasteiger partial charge in [-0.2, -0.15) is 0 Å². The molecule has 5 heteroatoms. The number of hydrogen-bond acceptors (Lipinski definition) is 3. The van der Waals surface area contributed by atoms with Crippen LogP contribution in [0.4, 0.5) is 0 Å². The van der Waals surface area contributed by atoms with Crippen LogP contribution in [0.2, 0.25) is 0 Å². The number of hydrogen-bond donors (Lipinski definition) is 0. The minimum absolute atomic E-state index is 0.0815. The smallest absolute Gasteiger partial charge is 0.227 e. The zero-order valence-corrected chi connectivity index (χ0v) is 19.2.